The third-order valence-corrected chi connectivity index (χ3v) is 3.95. The summed E-state index contributed by atoms with van der Waals surface area (Å²) in [6.07, 6.45) is 3.03. The average molecular weight is 287 g/mol. The van der Waals surface area contributed by atoms with E-state index in [-0.39, 0.29) is 17.6 Å². The minimum atomic E-state index is -0.241. The van der Waals surface area contributed by atoms with Gasteiger partial charge in [0.15, 0.2) is 0 Å². The highest BCUT2D eigenvalue weighted by Gasteiger charge is 2.23. The molecule has 0 radical (unpaired) electrons. The van der Waals surface area contributed by atoms with Gasteiger partial charge in [-0.1, -0.05) is 30.3 Å². The van der Waals surface area contributed by atoms with Crippen LogP contribution >= 0.6 is 0 Å². The van der Waals surface area contributed by atoms with Gasteiger partial charge in [-0.3, -0.25) is 0 Å². The molecule has 3 heteroatoms. The van der Waals surface area contributed by atoms with E-state index >= 15 is 0 Å². The van der Waals surface area contributed by atoms with Gasteiger partial charge in [0.1, 0.15) is 11.6 Å². The third-order valence-electron chi connectivity index (χ3n) is 3.95. The molecule has 1 aliphatic rings. The number of halogens is 2. The number of rotatable bonds is 6. The molecule has 1 fully saturated rings. The van der Waals surface area contributed by atoms with Crippen molar-refractivity contribution in [1.82, 2.24) is 5.32 Å². The maximum Gasteiger partial charge on any atom is 0.126 e. The van der Waals surface area contributed by atoms with Crippen molar-refractivity contribution in [2.75, 3.05) is 6.54 Å². The molecule has 2 aromatic carbocycles. The summed E-state index contributed by atoms with van der Waals surface area (Å²) >= 11 is 0. The molecule has 1 saturated carbocycles. The highest BCUT2D eigenvalue weighted by molar-refractivity contribution is 5.26. The number of hydrogen-bond donors (Lipinski definition) is 1. The standard InChI is InChI=1S/C18H19F2N/c19-15-5-3-4-13(11-15)10-14(12-21-16-8-9-16)17-6-1-2-7-18(17)20/h1-7,11,14,16,21H,8-10,12H2. The summed E-state index contributed by atoms with van der Waals surface area (Å²) < 4.78 is 27.4. The Morgan fingerprint density at radius 3 is 2.57 bits per heavy atom. The van der Waals surface area contributed by atoms with Crippen LogP contribution in [-0.4, -0.2) is 12.6 Å². The zero-order valence-electron chi connectivity index (χ0n) is 11.9. The van der Waals surface area contributed by atoms with Gasteiger partial charge in [0.25, 0.3) is 0 Å². The summed E-state index contributed by atoms with van der Waals surface area (Å²) in [6, 6.07) is 14.0. The molecule has 1 aliphatic carbocycles. The lowest BCUT2D eigenvalue weighted by atomic mass is 9.91. The lowest BCUT2D eigenvalue weighted by Crippen LogP contribution is -2.25. The quantitative estimate of drug-likeness (QED) is 0.845. The molecule has 110 valence electrons. The second-order valence-electron chi connectivity index (χ2n) is 5.74. The first-order valence-electron chi connectivity index (χ1n) is 7.44. The molecule has 0 aromatic heterocycles. The fourth-order valence-corrected chi connectivity index (χ4v) is 2.64. The van der Waals surface area contributed by atoms with Crippen molar-refractivity contribution >= 4 is 0 Å². The molecule has 1 atom stereocenters. The van der Waals surface area contributed by atoms with Gasteiger partial charge in [0.05, 0.1) is 0 Å². The molecule has 0 saturated heterocycles. The molecular formula is C18H19F2N. The van der Waals surface area contributed by atoms with Gasteiger partial charge in [0.2, 0.25) is 0 Å². The Balaban J connectivity index is 1.79. The van der Waals surface area contributed by atoms with Crippen LogP contribution in [-0.2, 0) is 6.42 Å². The van der Waals surface area contributed by atoms with Crippen LogP contribution in [0, 0.1) is 11.6 Å². The summed E-state index contributed by atoms with van der Waals surface area (Å²) in [7, 11) is 0. The zero-order chi connectivity index (χ0) is 14.7. The molecule has 1 nitrogen and oxygen atoms in total. The third kappa shape index (κ3) is 3.88. The van der Waals surface area contributed by atoms with Gasteiger partial charge in [0, 0.05) is 18.5 Å². The Morgan fingerprint density at radius 2 is 1.86 bits per heavy atom. The maximum absolute atomic E-state index is 14.1. The average Bonchev–Trinajstić information content (AvgIpc) is 3.28. The van der Waals surface area contributed by atoms with E-state index in [0.29, 0.717) is 18.0 Å². The monoisotopic (exact) mass is 287 g/mol. The van der Waals surface area contributed by atoms with Crippen molar-refractivity contribution in [3.8, 4) is 0 Å². The predicted molar refractivity (Wildman–Crippen MR) is 80.3 cm³/mol. The summed E-state index contributed by atoms with van der Waals surface area (Å²) in [5.74, 6) is -0.403. The Hall–Kier alpha value is -1.74. The molecular weight excluding hydrogens is 268 g/mol. The van der Waals surface area contributed by atoms with E-state index in [1.807, 2.05) is 18.2 Å². The second kappa shape index (κ2) is 6.35. The van der Waals surface area contributed by atoms with E-state index in [0.717, 1.165) is 12.1 Å². The molecule has 1 unspecified atom stereocenters. The van der Waals surface area contributed by atoms with Crippen molar-refractivity contribution in [2.45, 2.75) is 31.2 Å². The fourth-order valence-electron chi connectivity index (χ4n) is 2.64. The van der Waals surface area contributed by atoms with Crippen molar-refractivity contribution < 1.29 is 8.78 Å². The van der Waals surface area contributed by atoms with Gasteiger partial charge >= 0.3 is 0 Å². The highest BCUT2D eigenvalue weighted by atomic mass is 19.1. The van der Waals surface area contributed by atoms with Crippen LogP contribution in [0.2, 0.25) is 0 Å². The van der Waals surface area contributed by atoms with Crippen molar-refractivity contribution in [3.05, 3.63) is 71.3 Å². The zero-order valence-corrected chi connectivity index (χ0v) is 11.9. The molecule has 1 N–H and O–H groups in total. The van der Waals surface area contributed by atoms with Crippen LogP contribution < -0.4 is 5.32 Å². The van der Waals surface area contributed by atoms with E-state index in [4.69, 9.17) is 0 Å². The van der Waals surface area contributed by atoms with E-state index in [9.17, 15) is 8.78 Å². The number of nitrogens with one attached hydrogen (secondary N) is 1. The predicted octanol–water partition coefficient (Wildman–Crippen LogP) is 4.04. The lowest BCUT2D eigenvalue weighted by molar-refractivity contribution is 0.534. The van der Waals surface area contributed by atoms with E-state index in [2.05, 4.69) is 5.32 Å². The second-order valence-corrected chi connectivity index (χ2v) is 5.74. The van der Waals surface area contributed by atoms with E-state index in [1.165, 1.54) is 31.0 Å². The Bertz CT molecular complexity index is 608. The first-order chi connectivity index (χ1) is 10.2. The van der Waals surface area contributed by atoms with Gasteiger partial charge in [-0.2, -0.15) is 0 Å². The smallest absolute Gasteiger partial charge is 0.126 e. The van der Waals surface area contributed by atoms with Gasteiger partial charge in [-0.25, -0.2) is 8.78 Å². The van der Waals surface area contributed by atoms with Crippen molar-refractivity contribution in [1.29, 1.82) is 0 Å². The van der Waals surface area contributed by atoms with Crippen LogP contribution in [0.3, 0.4) is 0 Å². The highest BCUT2D eigenvalue weighted by Crippen LogP contribution is 2.26. The van der Waals surface area contributed by atoms with Crippen LogP contribution in [0.4, 0.5) is 8.78 Å². The lowest BCUT2D eigenvalue weighted by Gasteiger charge is -2.19. The first-order valence-corrected chi connectivity index (χ1v) is 7.44. The maximum atomic E-state index is 14.1. The molecule has 0 aliphatic heterocycles. The van der Waals surface area contributed by atoms with Crippen molar-refractivity contribution in [2.24, 2.45) is 0 Å². The topological polar surface area (TPSA) is 12.0 Å². The summed E-state index contributed by atoms with van der Waals surface area (Å²) in [5.41, 5.74) is 1.61. The Kier molecular flexibility index (Phi) is 4.30. The van der Waals surface area contributed by atoms with Crippen molar-refractivity contribution in [3.63, 3.8) is 0 Å². The van der Waals surface area contributed by atoms with E-state index < -0.39 is 0 Å². The summed E-state index contributed by atoms with van der Waals surface area (Å²) in [5, 5.41) is 3.46. The van der Waals surface area contributed by atoms with Crippen LogP contribution in [0.5, 0.6) is 0 Å². The van der Waals surface area contributed by atoms with Crippen LogP contribution in [0.15, 0.2) is 48.5 Å². The molecule has 21 heavy (non-hydrogen) atoms. The SMILES string of the molecule is Fc1cccc(CC(CNC2CC2)c2ccccc2F)c1. The molecule has 2 aromatic rings. The summed E-state index contributed by atoms with van der Waals surface area (Å²) in [6.45, 7) is 0.724. The largest absolute Gasteiger partial charge is 0.313 e. The van der Waals surface area contributed by atoms with Crippen LogP contribution in [0.1, 0.15) is 29.9 Å². The van der Waals surface area contributed by atoms with E-state index in [1.54, 1.807) is 12.1 Å². The number of benzene rings is 2. The molecule has 0 heterocycles. The minimum absolute atomic E-state index is 0.0219. The number of hydrogen-bond acceptors (Lipinski definition) is 1. The first kappa shape index (κ1) is 14.2. The molecule has 0 amide bonds. The van der Waals surface area contributed by atoms with Crippen LogP contribution in [0.25, 0.3) is 0 Å². The Morgan fingerprint density at radius 1 is 1.05 bits per heavy atom. The molecule has 0 bridgehead atoms. The fraction of sp³-hybridized carbons (Fsp3) is 0.333. The normalized spacial score (nSPS) is 15.9. The molecule has 3 rings (SSSR count). The van der Waals surface area contributed by atoms with Gasteiger partial charge in [-0.05, 0) is 48.6 Å². The van der Waals surface area contributed by atoms with Gasteiger partial charge in [-0.15, -0.1) is 0 Å². The van der Waals surface area contributed by atoms with Gasteiger partial charge < -0.3 is 5.32 Å². The Labute approximate surface area is 124 Å². The summed E-state index contributed by atoms with van der Waals surface area (Å²) in [4.78, 5) is 0. The molecule has 0 spiro atoms. The minimum Gasteiger partial charge on any atom is -0.313 e.